The average molecular weight is 490 g/mol. The minimum Gasteiger partial charge on any atom is -0.496 e. The third-order valence-electron chi connectivity index (χ3n) is 6.38. The zero-order valence-electron chi connectivity index (χ0n) is 21.3. The molecule has 1 saturated heterocycles. The third-order valence-corrected chi connectivity index (χ3v) is 6.38. The first-order valence-corrected chi connectivity index (χ1v) is 12.3. The summed E-state index contributed by atoms with van der Waals surface area (Å²) in [6, 6.07) is 22.6. The number of nitrogens with zero attached hydrogens (tertiary/aromatic N) is 1. The molecule has 2 N–H and O–H groups in total. The van der Waals surface area contributed by atoms with Crippen LogP contribution in [0.25, 0.3) is 11.1 Å². The first-order chi connectivity index (χ1) is 17.6. The zero-order chi connectivity index (χ0) is 25.3. The lowest BCUT2D eigenvalue weighted by Crippen LogP contribution is -2.49. The van der Waals surface area contributed by atoms with Crippen LogP contribution in [-0.4, -0.2) is 57.8 Å². The van der Waals surface area contributed by atoms with Crippen LogP contribution in [0.4, 0.5) is 0 Å². The molecule has 0 bridgehead atoms. The maximum Gasteiger partial charge on any atom is 0.234 e. The van der Waals surface area contributed by atoms with Gasteiger partial charge >= 0.3 is 0 Å². The van der Waals surface area contributed by atoms with Gasteiger partial charge in [0.2, 0.25) is 5.91 Å². The normalized spacial score (nSPS) is 14.7. The van der Waals surface area contributed by atoms with Gasteiger partial charge in [-0.1, -0.05) is 48.5 Å². The SMILES string of the molecule is COc1cc(OC(C)c2cccc(-c3ccccc3)c2)cc(OC)c1CNCCN1CCNC(=O)C1. The fraction of sp³-hybridized carbons (Fsp3) is 0.345. The van der Waals surface area contributed by atoms with E-state index < -0.39 is 0 Å². The zero-order valence-corrected chi connectivity index (χ0v) is 21.3. The Kier molecular flexibility index (Phi) is 8.81. The van der Waals surface area contributed by atoms with Crippen LogP contribution in [-0.2, 0) is 11.3 Å². The van der Waals surface area contributed by atoms with Crippen molar-refractivity contribution in [1.29, 1.82) is 0 Å². The van der Waals surface area contributed by atoms with E-state index in [2.05, 4.69) is 51.9 Å². The number of hydrogen-bond acceptors (Lipinski definition) is 6. The van der Waals surface area contributed by atoms with Crippen molar-refractivity contribution in [2.24, 2.45) is 0 Å². The van der Waals surface area contributed by atoms with Crippen molar-refractivity contribution in [3.05, 3.63) is 77.9 Å². The van der Waals surface area contributed by atoms with Crippen LogP contribution in [0.15, 0.2) is 66.7 Å². The van der Waals surface area contributed by atoms with Gasteiger partial charge in [0, 0.05) is 44.9 Å². The van der Waals surface area contributed by atoms with Crippen molar-refractivity contribution in [2.45, 2.75) is 19.6 Å². The Balaban J connectivity index is 1.41. The highest BCUT2D eigenvalue weighted by Crippen LogP contribution is 2.36. The Morgan fingerprint density at radius 3 is 2.39 bits per heavy atom. The second kappa shape index (κ2) is 12.4. The summed E-state index contributed by atoms with van der Waals surface area (Å²) >= 11 is 0. The van der Waals surface area contributed by atoms with Gasteiger partial charge in [0.15, 0.2) is 0 Å². The number of methoxy groups -OCH3 is 2. The van der Waals surface area contributed by atoms with E-state index in [4.69, 9.17) is 14.2 Å². The van der Waals surface area contributed by atoms with Crippen LogP contribution in [0.3, 0.4) is 0 Å². The number of benzene rings is 3. The molecule has 0 radical (unpaired) electrons. The summed E-state index contributed by atoms with van der Waals surface area (Å²) in [4.78, 5) is 13.7. The van der Waals surface area contributed by atoms with E-state index in [9.17, 15) is 4.79 Å². The number of rotatable bonds is 11. The number of amides is 1. The smallest absolute Gasteiger partial charge is 0.234 e. The predicted octanol–water partition coefficient (Wildman–Crippen LogP) is 4.03. The molecule has 36 heavy (non-hydrogen) atoms. The topological polar surface area (TPSA) is 72.1 Å². The summed E-state index contributed by atoms with van der Waals surface area (Å²) in [6.07, 6.45) is -0.159. The summed E-state index contributed by atoms with van der Waals surface area (Å²) in [5, 5.41) is 6.30. The molecule has 3 aromatic rings. The molecule has 4 rings (SSSR count). The second-order valence-corrected chi connectivity index (χ2v) is 8.86. The highest BCUT2D eigenvalue weighted by atomic mass is 16.5. The van der Waals surface area contributed by atoms with E-state index in [1.165, 1.54) is 5.56 Å². The fourth-order valence-electron chi connectivity index (χ4n) is 4.41. The van der Waals surface area contributed by atoms with E-state index in [0.717, 1.165) is 36.3 Å². The average Bonchev–Trinajstić information content (AvgIpc) is 2.91. The molecule has 0 spiro atoms. The number of carbonyl (C=O) groups is 1. The van der Waals surface area contributed by atoms with Crippen LogP contribution in [0, 0.1) is 0 Å². The summed E-state index contributed by atoms with van der Waals surface area (Å²) in [5.41, 5.74) is 4.36. The molecule has 0 aliphatic carbocycles. The molecule has 1 atom stereocenters. The van der Waals surface area contributed by atoms with E-state index in [1.54, 1.807) is 14.2 Å². The van der Waals surface area contributed by atoms with Crippen molar-refractivity contribution in [1.82, 2.24) is 15.5 Å². The number of nitrogens with one attached hydrogen (secondary N) is 2. The molecule has 190 valence electrons. The van der Waals surface area contributed by atoms with Gasteiger partial charge in [0.25, 0.3) is 0 Å². The van der Waals surface area contributed by atoms with E-state index in [-0.39, 0.29) is 12.0 Å². The second-order valence-electron chi connectivity index (χ2n) is 8.86. The summed E-state index contributed by atoms with van der Waals surface area (Å²) in [7, 11) is 3.31. The Morgan fingerprint density at radius 2 is 1.69 bits per heavy atom. The fourth-order valence-corrected chi connectivity index (χ4v) is 4.41. The van der Waals surface area contributed by atoms with Gasteiger partial charge in [-0.3, -0.25) is 9.69 Å². The predicted molar refractivity (Wildman–Crippen MR) is 142 cm³/mol. The standard InChI is InChI=1S/C29H35N3O4/c1-21(23-10-7-11-24(16-23)22-8-5-4-6-9-22)36-25-17-27(34-2)26(28(18-25)35-3)19-30-12-14-32-15-13-31-29(33)20-32/h4-11,16-18,21,30H,12-15,19-20H2,1-3H3,(H,31,33). The van der Waals surface area contributed by atoms with Crippen molar-refractivity contribution >= 4 is 5.91 Å². The van der Waals surface area contributed by atoms with Crippen LogP contribution < -0.4 is 24.8 Å². The summed E-state index contributed by atoms with van der Waals surface area (Å²) in [6.45, 7) is 6.22. The van der Waals surface area contributed by atoms with E-state index >= 15 is 0 Å². The minimum absolute atomic E-state index is 0.0844. The Hall–Kier alpha value is -3.55. The van der Waals surface area contributed by atoms with Crippen molar-refractivity contribution in [3.8, 4) is 28.4 Å². The van der Waals surface area contributed by atoms with Crippen LogP contribution in [0.5, 0.6) is 17.2 Å². The van der Waals surface area contributed by atoms with Gasteiger partial charge < -0.3 is 24.8 Å². The van der Waals surface area contributed by atoms with Crippen LogP contribution in [0.2, 0.25) is 0 Å². The van der Waals surface area contributed by atoms with E-state index in [0.29, 0.717) is 36.9 Å². The van der Waals surface area contributed by atoms with Crippen molar-refractivity contribution < 1.29 is 19.0 Å². The van der Waals surface area contributed by atoms with Gasteiger partial charge in [0.05, 0.1) is 26.3 Å². The van der Waals surface area contributed by atoms with E-state index in [1.807, 2.05) is 37.3 Å². The largest absolute Gasteiger partial charge is 0.496 e. The minimum atomic E-state index is -0.159. The van der Waals surface area contributed by atoms with Crippen molar-refractivity contribution in [2.75, 3.05) is 46.9 Å². The monoisotopic (exact) mass is 489 g/mol. The summed E-state index contributed by atoms with van der Waals surface area (Å²) < 4.78 is 17.7. The highest BCUT2D eigenvalue weighted by molar-refractivity contribution is 5.78. The molecule has 7 nitrogen and oxygen atoms in total. The van der Waals surface area contributed by atoms with Gasteiger partial charge in [0.1, 0.15) is 23.4 Å². The number of hydrogen-bond donors (Lipinski definition) is 2. The first-order valence-electron chi connectivity index (χ1n) is 12.3. The molecule has 1 heterocycles. The molecular formula is C29H35N3O4. The maximum absolute atomic E-state index is 11.6. The lowest BCUT2D eigenvalue weighted by atomic mass is 10.0. The maximum atomic E-state index is 11.6. The Bertz CT molecular complexity index is 1130. The van der Waals surface area contributed by atoms with Gasteiger partial charge in [-0.2, -0.15) is 0 Å². The Morgan fingerprint density at radius 1 is 0.972 bits per heavy atom. The van der Waals surface area contributed by atoms with Gasteiger partial charge in [-0.15, -0.1) is 0 Å². The number of piperazine rings is 1. The molecule has 1 fully saturated rings. The Labute approximate surface area is 213 Å². The highest BCUT2D eigenvalue weighted by Gasteiger charge is 2.17. The van der Waals surface area contributed by atoms with Gasteiger partial charge in [-0.05, 0) is 29.7 Å². The molecule has 1 aliphatic heterocycles. The molecule has 0 aromatic heterocycles. The number of carbonyl (C=O) groups excluding carboxylic acids is 1. The third kappa shape index (κ3) is 6.56. The molecule has 1 amide bonds. The number of ether oxygens (including phenoxy) is 3. The van der Waals surface area contributed by atoms with Crippen molar-refractivity contribution in [3.63, 3.8) is 0 Å². The van der Waals surface area contributed by atoms with Crippen LogP contribution in [0.1, 0.15) is 24.2 Å². The lowest BCUT2D eigenvalue weighted by Gasteiger charge is -2.26. The lowest BCUT2D eigenvalue weighted by molar-refractivity contribution is -0.124. The molecule has 1 unspecified atom stereocenters. The molecular weight excluding hydrogens is 454 g/mol. The summed E-state index contributed by atoms with van der Waals surface area (Å²) in [5.74, 6) is 2.18. The molecule has 3 aromatic carbocycles. The molecule has 7 heteroatoms. The first kappa shape index (κ1) is 25.5. The van der Waals surface area contributed by atoms with Crippen LogP contribution >= 0.6 is 0 Å². The quantitative estimate of drug-likeness (QED) is 0.396. The molecule has 0 saturated carbocycles. The molecule has 1 aliphatic rings. The van der Waals surface area contributed by atoms with Gasteiger partial charge in [-0.25, -0.2) is 0 Å².